The number of benzene rings is 2. The number of ketones is 1. The molecule has 0 amide bonds. The second-order valence-electron chi connectivity index (χ2n) is 5.30. The van der Waals surface area contributed by atoms with E-state index in [0.29, 0.717) is 11.1 Å². The van der Waals surface area contributed by atoms with Crippen molar-refractivity contribution in [3.05, 3.63) is 71.9 Å². The van der Waals surface area contributed by atoms with Crippen molar-refractivity contribution in [3.63, 3.8) is 0 Å². The molecule has 120 valence electrons. The van der Waals surface area contributed by atoms with E-state index in [9.17, 15) is 13.2 Å². The number of allylic oxidation sites excluding steroid dienone is 1. The SMILES string of the molecule is CC(=O)/C(=C\N(C)S(=O)(=O)c1ccc(C)cc1)c1ccccc1. The lowest BCUT2D eigenvalue weighted by atomic mass is 10.0. The van der Waals surface area contributed by atoms with Gasteiger partial charge in [0.1, 0.15) is 0 Å². The highest BCUT2D eigenvalue weighted by molar-refractivity contribution is 7.89. The van der Waals surface area contributed by atoms with Gasteiger partial charge in [0.25, 0.3) is 10.0 Å². The summed E-state index contributed by atoms with van der Waals surface area (Å²) in [7, 11) is -2.26. The predicted octanol–water partition coefficient (Wildman–Crippen LogP) is 3.25. The van der Waals surface area contributed by atoms with Gasteiger partial charge in [0.2, 0.25) is 0 Å². The topological polar surface area (TPSA) is 54.5 Å². The molecule has 0 saturated heterocycles. The minimum Gasteiger partial charge on any atom is -0.294 e. The van der Waals surface area contributed by atoms with Crippen LogP contribution >= 0.6 is 0 Å². The molecular weight excluding hydrogens is 310 g/mol. The number of aryl methyl sites for hydroxylation is 1. The molecular formula is C18H19NO3S. The Hall–Kier alpha value is -2.40. The summed E-state index contributed by atoms with van der Waals surface area (Å²) in [5, 5.41) is 0. The highest BCUT2D eigenvalue weighted by Gasteiger charge is 2.20. The van der Waals surface area contributed by atoms with Crippen LogP contribution in [0.2, 0.25) is 0 Å². The molecule has 0 aliphatic carbocycles. The van der Waals surface area contributed by atoms with Crippen LogP contribution in [-0.2, 0) is 14.8 Å². The number of hydrogen-bond acceptors (Lipinski definition) is 3. The molecule has 2 aromatic rings. The number of Topliss-reactive ketones (excluding diaryl/α,β-unsaturated/α-hetero) is 1. The largest absolute Gasteiger partial charge is 0.294 e. The van der Waals surface area contributed by atoms with Gasteiger partial charge in [-0.25, -0.2) is 8.42 Å². The number of hydrogen-bond donors (Lipinski definition) is 0. The summed E-state index contributed by atoms with van der Waals surface area (Å²) in [5.74, 6) is -0.192. The Labute approximate surface area is 137 Å². The summed E-state index contributed by atoms with van der Waals surface area (Å²) in [6, 6.07) is 15.6. The average molecular weight is 329 g/mol. The van der Waals surface area contributed by atoms with Crippen molar-refractivity contribution in [2.24, 2.45) is 0 Å². The van der Waals surface area contributed by atoms with Gasteiger partial charge in [0, 0.05) is 18.8 Å². The molecule has 0 N–H and O–H groups in total. The maximum Gasteiger partial charge on any atom is 0.263 e. The molecule has 5 heteroatoms. The Balaban J connectivity index is 2.43. The van der Waals surface area contributed by atoms with Gasteiger partial charge in [-0.1, -0.05) is 48.0 Å². The lowest BCUT2D eigenvalue weighted by molar-refractivity contribution is -0.111. The normalized spacial score (nSPS) is 12.0. The molecule has 0 radical (unpaired) electrons. The van der Waals surface area contributed by atoms with Crippen molar-refractivity contribution in [3.8, 4) is 0 Å². The zero-order valence-corrected chi connectivity index (χ0v) is 14.2. The minimum atomic E-state index is -3.69. The van der Waals surface area contributed by atoms with Crippen LogP contribution in [0.5, 0.6) is 0 Å². The third-order valence-corrected chi connectivity index (χ3v) is 5.20. The standard InChI is InChI=1S/C18H19NO3S/c1-14-9-11-17(12-10-14)23(21,22)19(3)13-18(15(2)20)16-7-5-4-6-8-16/h4-13H,1-3H3/b18-13+. The molecule has 0 heterocycles. The van der Waals surface area contributed by atoms with Gasteiger partial charge >= 0.3 is 0 Å². The van der Waals surface area contributed by atoms with Crippen LogP contribution in [-0.4, -0.2) is 25.6 Å². The molecule has 0 atom stereocenters. The molecule has 0 aromatic heterocycles. The monoisotopic (exact) mass is 329 g/mol. The first kappa shape index (κ1) is 17.0. The molecule has 2 aromatic carbocycles. The molecule has 0 saturated carbocycles. The van der Waals surface area contributed by atoms with Gasteiger partial charge < -0.3 is 0 Å². The van der Waals surface area contributed by atoms with Crippen molar-refractivity contribution in [1.82, 2.24) is 4.31 Å². The van der Waals surface area contributed by atoms with Gasteiger partial charge in [0.15, 0.2) is 5.78 Å². The summed E-state index contributed by atoms with van der Waals surface area (Å²) in [6.07, 6.45) is 1.37. The number of carbonyl (C=O) groups is 1. The first-order valence-corrected chi connectivity index (χ1v) is 8.59. The summed E-state index contributed by atoms with van der Waals surface area (Å²) in [6.45, 7) is 3.31. The molecule has 23 heavy (non-hydrogen) atoms. The lowest BCUT2D eigenvalue weighted by Crippen LogP contribution is -2.22. The van der Waals surface area contributed by atoms with Crippen LogP contribution in [0.25, 0.3) is 5.57 Å². The van der Waals surface area contributed by atoms with Gasteiger partial charge in [-0.2, -0.15) is 0 Å². The maximum atomic E-state index is 12.6. The fourth-order valence-electron chi connectivity index (χ4n) is 2.11. The fraction of sp³-hybridized carbons (Fsp3) is 0.167. The molecule has 0 fully saturated rings. The van der Waals surface area contributed by atoms with E-state index in [4.69, 9.17) is 0 Å². The first-order chi connectivity index (χ1) is 10.8. The van der Waals surface area contributed by atoms with Gasteiger partial charge in [-0.3, -0.25) is 9.10 Å². The van der Waals surface area contributed by atoms with E-state index >= 15 is 0 Å². The Morgan fingerprint density at radius 3 is 2.09 bits per heavy atom. The van der Waals surface area contributed by atoms with Crippen LogP contribution in [0, 0.1) is 6.92 Å². The maximum absolute atomic E-state index is 12.6. The minimum absolute atomic E-state index is 0.192. The first-order valence-electron chi connectivity index (χ1n) is 7.15. The quantitative estimate of drug-likeness (QED) is 0.791. The van der Waals surface area contributed by atoms with E-state index in [1.807, 2.05) is 13.0 Å². The molecule has 2 rings (SSSR count). The number of sulfonamides is 1. The van der Waals surface area contributed by atoms with Gasteiger partial charge in [-0.05, 0) is 31.5 Å². The highest BCUT2D eigenvalue weighted by atomic mass is 32.2. The van der Waals surface area contributed by atoms with E-state index in [2.05, 4.69) is 0 Å². The summed E-state index contributed by atoms with van der Waals surface area (Å²) >= 11 is 0. The predicted molar refractivity (Wildman–Crippen MR) is 91.2 cm³/mol. The number of carbonyl (C=O) groups excluding carboxylic acids is 1. The van der Waals surface area contributed by atoms with Crippen LogP contribution in [0.1, 0.15) is 18.1 Å². The smallest absolute Gasteiger partial charge is 0.263 e. The van der Waals surface area contributed by atoms with Crippen molar-refractivity contribution < 1.29 is 13.2 Å². The Morgan fingerprint density at radius 1 is 1.00 bits per heavy atom. The summed E-state index contributed by atoms with van der Waals surface area (Å²) in [4.78, 5) is 12.1. The molecule has 0 bridgehead atoms. The molecule has 0 unspecified atom stereocenters. The van der Waals surface area contributed by atoms with Gasteiger partial charge in [0.05, 0.1) is 4.90 Å². The summed E-state index contributed by atoms with van der Waals surface area (Å²) < 4.78 is 26.3. The van der Waals surface area contributed by atoms with Crippen LogP contribution in [0.15, 0.2) is 65.7 Å². The van der Waals surface area contributed by atoms with E-state index in [1.165, 1.54) is 20.2 Å². The zero-order valence-electron chi connectivity index (χ0n) is 13.4. The Bertz CT molecular complexity index is 822. The summed E-state index contributed by atoms with van der Waals surface area (Å²) in [5.41, 5.74) is 2.02. The second kappa shape index (κ2) is 6.79. The third-order valence-electron chi connectivity index (χ3n) is 3.47. The van der Waals surface area contributed by atoms with Crippen molar-refractivity contribution in [2.45, 2.75) is 18.7 Å². The van der Waals surface area contributed by atoms with Crippen LogP contribution in [0.4, 0.5) is 0 Å². The van der Waals surface area contributed by atoms with Crippen LogP contribution < -0.4 is 0 Å². The zero-order chi connectivity index (χ0) is 17.0. The molecule has 0 aliphatic rings. The van der Waals surface area contributed by atoms with Crippen molar-refractivity contribution in [1.29, 1.82) is 0 Å². The highest BCUT2D eigenvalue weighted by Crippen LogP contribution is 2.20. The molecule has 4 nitrogen and oxygen atoms in total. The average Bonchev–Trinajstić information content (AvgIpc) is 2.53. The number of rotatable bonds is 5. The second-order valence-corrected chi connectivity index (χ2v) is 7.30. The van der Waals surface area contributed by atoms with Crippen molar-refractivity contribution in [2.75, 3.05) is 7.05 Å². The number of nitrogens with zero attached hydrogens (tertiary/aromatic N) is 1. The Kier molecular flexibility index (Phi) is 5.01. The van der Waals surface area contributed by atoms with E-state index in [0.717, 1.165) is 9.87 Å². The van der Waals surface area contributed by atoms with Crippen molar-refractivity contribution >= 4 is 21.4 Å². The lowest BCUT2D eigenvalue weighted by Gasteiger charge is -2.17. The van der Waals surface area contributed by atoms with Crippen LogP contribution in [0.3, 0.4) is 0 Å². The molecule has 0 aliphatic heterocycles. The van der Waals surface area contributed by atoms with E-state index < -0.39 is 10.0 Å². The molecule has 0 spiro atoms. The fourth-order valence-corrected chi connectivity index (χ4v) is 3.17. The van der Waals surface area contributed by atoms with Gasteiger partial charge in [-0.15, -0.1) is 0 Å². The Morgan fingerprint density at radius 2 is 1.57 bits per heavy atom. The van der Waals surface area contributed by atoms with E-state index in [-0.39, 0.29) is 10.7 Å². The third kappa shape index (κ3) is 3.87. The van der Waals surface area contributed by atoms with E-state index in [1.54, 1.807) is 48.5 Å².